The van der Waals surface area contributed by atoms with Crippen molar-refractivity contribution in [2.24, 2.45) is 0 Å². The number of aromatic hydroxyl groups is 1. The van der Waals surface area contributed by atoms with Crippen molar-refractivity contribution in [3.8, 4) is 17.2 Å². The number of aliphatic hydroxyl groups is 1. The Morgan fingerprint density at radius 3 is 2.42 bits per heavy atom. The highest BCUT2D eigenvalue weighted by Crippen LogP contribution is 2.44. The summed E-state index contributed by atoms with van der Waals surface area (Å²) in [5.74, 6) is -1.73. The number of carbonyl (C=O) groups excluding carboxylic acids is 1. The van der Waals surface area contributed by atoms with E-state index in [1.54, 1.807) is 13.0 Å². The molecular formula is C27H32ClF3N2O7. The number of hydrogen-bond acceptors (Lipinski definition) is 7. The lowest BCUT2D eigenvalue weighted by molar-refractivity contribution is -0.192. The number of carbonyl (C=O) groups is 2. The third kappa shape index (κ3) is 8.90. The number of alkyl halides is 3. The first-order chi connectivity index (χ1) is 18.6. The molecule has 0 aromatic heterocycles. The van der Waals surface area contributed by atoms with E-state index in [9.17, 15) is 28.2 Å². The molecule has 9 nitrogen and oxygen atoms in total. The van der Waals surface area contributed by atoms with Crippen molar-refractivity contribution in [1.29, 1.82) is 0 Å². The number of carboxylic acid groups (broad SMARTS) is 1. The first-order valence-electron chi connectivity index (χ1n) is 12.5. The Morgan fingerprint density at radius 1 is 1.18 bits per heavy atom. The Hall–Kier alpha value is -3.22. The van der Waals surface area contributed by atoms with Gasteiger partial charge in [-0.3, -0.25) is 4.79 Å². The van der Waals surface area contributed by atoms with Gasteiger partial charge in [0.25, 0.3) is 0 Å². The zero-order valence-electron chi connectivity index (χ0n) is 22.0. The summed E-state index contributed by atoms with van der Waals surface area (Å²) in [6.07, 6.45) is -0.393. The lowest BCUT2D eigenvalue weighted by Gasteiger charge is -2.38. The number of halogens is 4. The zero-order valence-corrected chi connectivity index (χ0v) is 22.7. The highest BCUT2D eigenvalue weighted by molar-refractivity contribution is 6.30. The van der Waals surface area contributed by atoms with E-state index in [-0.39, 0.29) is 29.9 Å². The number of phenols is 1. The molecular weight excluding hydrogens is 557 g/mol. The molecule has 220 valence electrons. The summed E-state index contributed by atoms with van der Waals surface area (Å²) >= 11 is 6.13. The number of benzene rings is 2. The minimum atomic E-state index is -5.08. The molecule has 1 spiro atoms. The van der Waals surface area contributed by atoms with Gasteiger partial charge in [0.2, 0.25) is 5.91 Å². The summed E-state index contributed by atoms with van der Waals surface area (Å²) in [4.78, 5) is 20.3. The van der Waals surface area contributed by atoms with Gasteiger partial charge in [-0.2, -0.15) is 13.2 Å². The smallest absolute Gasteiger partial charge is 0.490 e. The van der Waals surface area contributed by atoms with Crippen LogP contribution in [0.2, 0.25) is 5.02 Å². The summed E-state index contributed by atoms with van der Waals surface area (Å²) in [7, 11) is 0. The third-order valence-corrected chi connectivity index (χ3v) is 6.82. The van der Waals surface area contributed by atoms with E-state index in [2.05, 4.69) is 10.6 Å². The maximum absolute atomic E-state index is 11.4. The Balaban J connectivity index is 0.000000559. The number of fused-ring (bicyclic) bond motifs is 1. The van der Waals surface area contributed by atoms with Crippen molar-refractivity contribution < 1.29 is 47.6 Å². The Bertz CT molecular complexity index is 1220. The molecule has 1 aliphatic heterocycles. The number of amides is 1. The van der Waals surface area contributed by atoms with Crippen LogP contribution < -0.4 is 20.1 Å². The number of ether oxygens (including phenoxy) is 2. The molecule has 1 aliphatic carbocycles. The van der Waals surface area contributed by atoms with Crippen molar-refractivity contribution in [3.63, 3.8) is 0 Å². The molecule has 13 heteroatoms. The first kappa shape index (κ1) is 31.3. The molecule has 1 saturated carbocycles. The molecule has 0 radical (unpaired) electrons. The fourth-order valence-electron chi connectivity index (χ4n) is 4.60. The molecule has 2 aromatic rings. The van der Waals surface area contributed by atoms with Crippen LogP contribution in [0.1, 0.15) is 45.1 Å². The van der Waals surface area contributed by atoms with E-state index in [0.29, 0.717) is 18.0 Å². The van der Waals surface area contributed by atoms with Crippen molar-refractivity contribution in [2.45, 2.75) is 69.4 Å². The van der Waals surface area contributed by atoms with E-state index >= 15 is 0 Å². The second-order valence-electron chi connectivity index (χ2n) is 10.3. The fraction of sp³-hybridized carbons (Fsp3) is 0.481. The first-order valence-corrected chi connectivity index (χ1v) is 12.9. The van der Waals surface area contributed by atoms with Crippen molar-refractivity contribution in [2.75, 3.05) is 18.5 Å². The molecule has 40 heavy (non-hydrogen) atoms. The van der Waals surface area contributed by atoms with E-state index < -0.39 is 17.7 Å². The number of aliphatic carboxylic acids is 1. The maximum atomic E-state index is 11.4. The van der Waals surface area contributed by atoms with Crippen LogP contribution in [0.25, 0.3) is 0 Å². The van der Waals surface area contributed by atoms with Crippen molar-refractivity contribution in [1.82, 2.24) is 5.32 Å². The average molecular weight is 589 g/mol. The summed E-state index contributed by atoms with van der Waals surface area (Å²) in [6, 6.07) is 10.6. The Labute approximate surface area is 234 Å². The van der Waals surface area contributed by atoms with Crippen LogP contribution in [0.3, 0.4) is 0 Å². The highest BCUT2D eigenvalue weighted by Gasteiger charge is 2.42. The summed E-state index contributed by atoms with van der Waals surface area (Å²) < 4.78 is 43.8. The average Bonchev–Trinajstić information content (AvgIpc) is 3.20. The van der Waals surface area contributed by atoms with E-state index in [1.807, 2.05) is 18.2 Å². The summed E-state index contributed by atoms with van der Waals surface area (Å²) in [5.41, 5.74) is 0.344. The lowest BCUT2D eigenvalue weighted by atomic mass is 9.79. The molecule has 1 heterocycles. The van der Waals surface area contributed by atoms with Gasteiger partial charge in [-0.1, -0.05) is 11.6 Å². The molecule has 5 N–H and O–H groups in total. The van der Waals surface area contributed by atoms with Crippen LogP contribution in [-0.4, -0.2) is 63.8 Å². The van der Waals surface area contributed by atoms with E-state index in [0.717, 1.165) is 42.9 Å². The predicted molar refractivity (Wildman–Crippen MR) is 141 cm³/mol. The third-order valence-electron chi connectivity index (χ3n) is 6.59. The quantitative estimate of drug-likeness (QED) is 0.294. The number of anilines is 1. The second-order valence-corrected chi connectivity index (χ2v) is 10.8. The molecule has 2 aromatic carbocycles. The van der Waals surface area contributed by atoms with Crippen molar-refractivity contribution in [3.05, 3.63) is 47.0 Å². The van der Waals surface area contributed by atoms with Crippen LogP contribution in [0.5, 0.6) is 17.2 Å². The van der Waals surface area contributed by atoms with Crippen LogP contribution in [0.15, 0.2) is 36.4 Å². The van der Waals surface area contributed by atoms with Gasteiger partial charge >= 0.3 is 12.1 Å². The molecule has 4 rings (SSSR count). The molecule has 2 aliphatic rings. The number of nitrogens with one attached hydrogen (secondary N) is 2. The molecule has 0 bridgehead atoms. The van der Waals surface area contributed by atoms with Gasteiger partial charge < -0.3 is 35.4 Å². The van der Waals surface area contributed by atoms with Crippen LogP contribution in [0, 0.1) is 0 Å². The van der Waals surface area contributed by atoms with Gasteiger partial charge in [0.1, 0.15) is 35.1 Å². The molecule has 0 unspecified atom stereocenters. The standard InChI is InChI=1S/C25H31ClN2O5.C2HF3O2/c1-16(29)28-21-5-4-20(30)12-23(21)32-15-24(2,31)14-27-19-7-9-25(10-8-19)13-17-11-18(26)3-6-22(17)33-25;3-2(4,5)1(6)7/h3-6,11-12,19,27,30-31H,7-10,13-15H2,1-2H3,(H,28,29);(H,6,7)/t19?,24-,25?;/m0./s1. The topological polar surface area (TPSA) is 137 Å². The number of phenolic OH excluding ortho intramolecular Hbond substituents is 1. The van der Waals surface area contributed by atoms with Gasteiger partial charge in [-0.25, -0.2) is 4.79 Å². The number of hydrogen-bond donors (Lipinski definition) is 5. The molecule has 0 saturated heterocycles. The molecule has 1 fully saturated rings. The second kappa shape index (κ2) is 12.5. The van der Waals surface area contributed by atoms with Gasteiger partial charge in [0.15, 0.2) is 0 Å². The molecule has 1 amide bonds. The van der Waals surface area contributed by atoms with E-state index in [4.69, 9.17) is 31.0 Å². The Morgan fingerprint density at radius 2 is 1.82 bits per heavy atom. The minimum absolute atomic E-state index is 0.00583. The highest BCUT2D eigenvalue weighted by atomic mass is 35.5. The number of rotatable bonds is 7. The SMILES string of the molecule is CC(=O)Nc1ccc(O)cc1OC[C@@](C)(O)CNC1CCC2(CC1)Cc1cc(Cl)ccc1O2.O=C(O)C(F)(F)F. The Kier molecular flexibility index (Phi) is 9.81. The summed E-state index contributed by atoms with van der Waals surface area (Å²) in [5, 5.41) is 34.6. The summed E-state index contributed by atoms with van der Waals surface area (Å²) in [6.45, 7) is 3.46. The van der Waals surface area contributed by atoms with Crippen LogP contribution in [-0.2, 0) is 16.0 Å². The normalized spacial score (nSPS) is 21.3. The zero-order chi connectivity index (χ0) is 29.7. The monoisotopic (exact) mass is 588 g/mol. The minimum Gasteiger partial charge on any atom is -0.508 e. The van der Waals surface area contributed by atoms with Gasteiger partial charge in [-0.15, -0.1) is 0 Å². The van der Waals surface area contributed by atoms with Gasteiger partial charge in [0.05, 0.1) is 5.69 Å². The van der Waals surface area contributed by atoms with Gasteiger partial charge in [0, 0.05) is 37.0 Å². The van der Waals surface area contributed by atoms with Crippen molar-refractivity contribution >= 4 is 29.2 Å². The molecule has 1 atom stereocenters. The lowest BCUT2D eigenvalue weighted by Crippen LogP contribution is -2.49. The van der Waals surface area contributed by atoms with E-state index in [1.165, 1.54) is 24.6 Å². The van der Waals surface area contributed by atoms with Gasteiger partial charge in [-0.05, 0) is 68.5 Å². The number of carboxylic acids is 1. The maximum Gasteiger partial charge on any atom is 0.490 e. The largest absolute Gasteiger partial charge is 0.508 e. The van der Waals surface area contributed by atoms with Crippen LogP contribution in [0.4, 0.5) is 18.9 Å². The van der Waals surface area contributed by atoms with Crippen LogP contribution >= 0.6 is 11.6 Å². The predicted octanol–water partition coefficient (Wildman–Crippen LogP) is 4.67. The fourth-order valence-corrected chi connectivity index (χ4v) is 4.80.